The Morgan fingerprint density at radius 2 is 2.33 bits per heavy atom. The molecule has 1 unspecified atom stereocenters. The zero-order valence-electron chi connectivity index (χ0n) is 11.5. The molecule has 3 rings (SSSR count). The van der Waals surface area contributed by atoms with Gasteiger partial charge in [-0.25, -0.2) is 9.55 Å². The van der Waals surface area contributed by atoms with Gasteiger partial charge in [-0.2, -0.15) is 0 Å². The van der Waals surface area contributed by atoms with Gasteiger partial charge in [-0.15, -0.1) is 0 Å². The lowest BCUT2D eigenvalue weighted by Crippen LogP contribution is -2.39. The van der Waals surface area contributed by atoms with Gasteiger partial charge in [0.15, 0.2) is 18.1 Å². The molecule has 9 heteroatoms. The number of ether oxygens (including phenoxy) is 1. The number of nitrogen functional groups attached to an aromatic ring is 1. The molecule has 9 nitrogen and oxygen atoms in total. The van der Waals surface area contributed by atoms with Crippen LogP contribution in [0, 0.1) is 0 Å². The van der Waals surface area contributed by atoms with Crippen LogP contribution in [0.2, 0.25) is 0 Å². The molecule has 1 fully saturated rings. The Kier molecular flexibility index (Phi) is 3.40. The van der Waals surface area contributed by atoms with Crippen LogP contribution in [0.3, 0.4) is 0 Å². The minimum absolute atomic E-state index is 0.104. The Morgan fingerprint density at radius 1 is 1.57 bits per heavy atom. The minimum atomic E-state index is -0.765. The molecule has 4 N–H and O–H groups in total. The van der Waals surface area contributed by atoms with Gasteiger partial charge in [0.05, 0.1) is 19.3 Å². The third kappa shape index (κ3) is 2.19. The maximum absolute atomic E-state index is 12.0. The maximum Gasteiger partial charge on any atom is 0.309 e. The Hall–Kier alpha value is -1.97. The van der Waals surface area contributed by atoms with E-state index < -0.39 is 24.3 Å². The standard InChI is InChI=1S/C12H17N5O4/c1-2-16-5-17(8-3-6(19)7(4-18)21-8)10-9(16)11(20)15-12(13)14-10/h5-8,18-19H,2-4H2,1H3,(H2-,13,14,15,20)/t6?,7-,8-/m1/s1. The summed E-state index contributed by atoms with van der Waals surface area (Å²) in [5, 5.41) is 31.0. The predicted molar refractivity (Wildman–Crippen MR) is 68.9 cm³/mol. The lowest BCUT2D eigenvalue weighted by molar-refractivity contribution is -0.739. The molecule has 0 aromatic carbocycles. The largest absolute Gasteiger partial charge is 0.856 e. The average molecular weight is 295 g/mol. The van der Waals surface area contributed by atoms with Gasteiger partial charge < -0.3 is 25.8 Å². The number of aliphatic hydroxyl groups is 2. The second-order valence-electron chi connectivity index (χ2n) is 4.98. The summed E-state index contributed by atoms with van der Waals surface area (Å²) in [6.45, 7) is 2.18. The Balaban J connectivity index is 2.11. The van der Waals surface area contributed by atoms with E-state index in [0.29, 0.717) is 24.1 Å². The van der Waals surface area contributed by atoms with E-state index in [4.69, 9.17) is 15.6 Å². The third-order valence-corrected chi connectivity index (χ3v) is 3.68. The van der Waals surface area contributed by atoms with E-state index >= 15 is 0 Å². The lowest BCUT2D eigenvalue weighted by atomic mass is 10.2. The highest BCUT2D eigenvalue weighted by atomic mass is 16.5. The van der Waals surface area contributed by atoms with Crippen LogP contribution in [0.15, 0.2) is 6.33 Å². The minimum Gasteiger partial charge on any atom is -0.856 e. The fraction of sp³-hybridized carbons (Fsp3) is 0.583. The monoisotopic (exact) mass is 295 g/mol. The van der Waals surface area contributed by atoms with E-state index in [-0.39, 0.29) is 12.6 Å². The molecule has 114 valence electrons. The Bertz CT molecular complexity index is 673. The Labute approximate surface area is 120 Å². The van der Waals surface area contributed by atoms with E-state index in [9.17, 15) is 10.2 Å². The van der Waals surface area contributed by atoms with Crippen molar-refractivity contribution in [2.75, 3.05) is 12.3 Å². The summed E-state index contributed by atoms with van der Waals surface area (Å²) >= 11 is 0. The second kappa shape index (κ2) is 5.10. The van der Waals surface area contributed by atoms with Crippen LogP contribution in [0.5, 0.6) is 5.88 Å². The van der Waals surface area contributed by atoms with Crippen molar-refractivity contribution < 1.29 is 24.6 Å². The van der Waals surface area contributed by atoms with Crippen LogP contribution in [-0.4, -0.2) is 43.6 Å². The first-order valence-electron chi connectivity index (χ1n) is 6.74. The molecule has 0 bridgehead atoms. The van der Waals surface area contributed by atoms with Crippen molar-refractivity contribution in [3.63, 3.8) is 0 Å². The molecule has 2 aromatic rings. The first-order valence-corrected chi connectivity index (χ1v) is 6.74. The fourth-order valence-corrected chi connectivity index (χ4v) is 2.63. The van der Waals surface area contributed by atoms with E-state index in [1.54, 1.807) is 15.5 Å². The third-order valence-electron chi connectivity index (χ3n) is 3.68. The summed E-state index contributed by atoms with van der Waals surface area (Å²) in [6.07, 6.45) is 0.0711. The number of aromatic nitrogens is 4. The van der Waals surface area contributed by atoms with Gasteiger partial charge in [-0.3, -0.25) is 4.57 Å². The van der Waals surface area contributed by atoms with E-state index in [1.165, 1.54) is 0 Å². The van der Waals surface area contributed by atoms with Crippen LogP contribution >= 0.6 is 0 Å². The summed E-state index contributed by atoms with van der Waals surface area (Å²) in [4.78, 5) is 7.75. The number of aliphatic hydroxyl groups excluding tert-OH is 2. The van der Waals surface area contributed by atoms with Gasteiger partial charge in [-0.1, -0.05) is 4.98 Å². The smallest absolute Gasteiger partial charge is 0.309 e. The van der Waals surface area contributed by atoms with Crippen molar-refractivity contribution >= 4 is 17.1 Å². The Morgan fingerprint density at radius 3 is 2.95 bits per heavy atom. The lowest BCUT2D eigenvalue weighted by Gasteiger charge is -2.10. The van der Waals surface area contributed by atoms with Crippen LogP contribution in [0.25, 0.3) is 11.2 Å². The molecule has 1 saturated heterocycles. The highest BCUT2D eigenvalue weighted by Crippen LogP contribution is 2.27. The van der Waals surface area contributed by atoms with Gasteiger partial charge in [0.2, 0.25) is 0 Å². The van der Waals surface area contributed by atoms with Gasteiger partial charge in [-0.05, 0) is 6.92 Å². The van der Waals surface area contributed by atoms with Gasteiger partial charge in [0.25, 0.3) is 5.95 Å². The zero-order chi connectivity index (χ0) is 15.1. The number of fused-ring (bicyclic) bond motifs is 1. The van der Waals surface area contributed by atoms with Gasteiger partial charge in [0.1, 0.15) is 6.10 Å². The number of nitrogens with two attached hydrogens (primary N) is 1. The van der Waals surface area contributed by atoms with Crippen LogP contribution in [-0.2, 0) is 11.3 Å². The normalized spacial score (nSPS) is 25.8. The summed E-state index contributed by atoms with van der Waals surface area (Å²) < 4.78 is 8.96. The van der Waals surface area contributed by atoms with E-state index in [2.05, 4.69) is 9.97 Å². The topological polar surface area (TPSA) is 133 Å². The molecule has 0 spiro atoms. The maximum atomic E-state index is 12.0. The highest BCUT2D eigenvalue weighted by molar-refractivity contribution is 5.74. The molecule has 0 radical (unpaired) electrons. The summed E-state index contributed by atoms with van der Waals surface area (Å²) in [5.41, 5.74) is 6.26. The van der Waals surface area contributed by atoms with Crippen LogP contribution in [0.4, 0.5) is 5.95 Å². The van der Waals surface area contributed by atoms with E-state index in [0.717, 1.165) is 0 Å². The van der Waals surface area contributed by atoms with Gasteiger partial charge >= 0.3 is 5.65 Å². The molecule has 1 aliphatic heterocycles. The van der Waals surface area contributed by atoms with Crippen molar-refractivity contribution in [1.29, 1.82) is 0 Å². The fourth-order valence-electron chi connectivity index (χ4n) is 2.63. The number of nitrogens with zero attached hydrogens (tertiary/aromatic N) is 4. The predicted octanol–water partition coefficient (Wildman–Crippen LogP) is -1.96. The average Bonchev–Trinajstić information content (AvgIpc) is 2.98. The molecular formula is C12H17N5O4. The highest BCUT2D eigenvalue weighted by Gasteiger charge is 2.38. The van der Waals surface area contributed by atoms with Crippen molar-refractivity contribution in [3.8, 4) is 5.88 Å². The summed E-state index contributed by atoms with van der Waals surface area (Å²) in [6, 6.07) is 0. The summed E-state index contributed by atoms with van der Waals surface area (Å²) in [7, 11) is 0. The van der Waals surface area contributed by atoms with Crippen molar-refractivity contribution in [1.82, 2.24) is 14.5 Å². The summed E-state index contributed by atoms with van der Waals surface area (Å²) in [5.74, 6) is -0.553. The molecule has 1 aliphatic rings. The first kappa shape index (κ1) is 14.0. The van der Waals surface area contributed by atoms with Crippen molar-refractivity contribution in [3.05, 3.63) is 6.33 Å². The van der Waals surface area contributed by atoms with E-state index in [1.807, 2.05) is 6.92 Å². The molecular weight excluding hydrogens is 278 g/mol. The molecule has 21 heavy (non-hydrogen) atoms. The first-order chi connectivity index (χ1) is 10.0. The zero-order valence-corrected chi connectivity index (χ0v) is 11.5. The molecule has 2 aromatic heterocycles. The number of hydrogen-bond acceptors (Lipinski definition) is 7. The number of imidazole rings is 1. The second-order valence-corrected chi connectivity index (χ2v) is 4.98. The number of rotatable bonds is 3. The molecule has 3 heterocycles. The van der Waals surface area contributed by atoms with Crippen LogP contribution < -0.4 is 15.4 Å². The molecule has 3 atom stereocenters. The number of hydrogen-bond donors (Lipinski definition) is 3. The molecule has 0 saturated carbocycles. The van der Waals surface area contributed by atoms with Crippen LogP contribution in [0.1, 0.15) is 19.6 Å². The van der Waals surface area contributed by atoms with Gasteiger partial charge in [0, 0.05) is 12.3 Å². The molecule has 0 aliphatic carbocycles. The quantitative estimate of drug-likeness (QED) is 0.559. The SMILES string of the molecule is CCn1c[n+]([C@H]2CC(O)[C@@H](CO)O2)c2nc(N)nc([O-])c21. The van der Waals surface area contributed by atoms with Crippen molar-refractivity contribution in [2.24, 2.45) is 0 Å². The number of aryl methyl sites for hydroxylation is 1. The number of anilines is 1. The van der Waals surface area contributed by atoms with Crippen molar-refractivity contribution in [2.45, 2.75) is 38.3 Å². The molecule has 0 amide bonds.